The number of nitrogens with zero attached hydrogens (tertiary/aromatic N) is 7. The van der Waals surface area contributed by atoms with Crippen molar-refractivity contribution in [1.82, 2.24) is 15.0 Å². The van der Waals surface area contributed by atoms with Crippen LogP contribution in [0.1, 0.15) is 0 Å². The van der Waals surface area contributed by atoms with E-state index in [-0.39, 0.29) is 16.5 Å². The molecule has 0 spiro atoms. The minimum absolute atomic E-state index is 0.0143. The van der Waals surface area contributed by atoms with Crippen LogP contribution in [0, 0.1) is 0 Å². The monoisotopic (exact) mass is 448 g/mol. The zero-order valence-electron chi connectivity index (χ0n) is 15.9. The lowest BCUT2D eigenvalue weighted by molar-refractivity contribution is 1.05. The van der Waals surface area contributed by atoms with Gasteiger partial charge in [-0.05, 0) is 83.9 Å². The van der Waals surface area contributed by atoms with Crippen LogP contribution in [0.5, 0.6) is 0 Å². The molecule has 10 heteroatoms. The molecule has 0 saturated carbocycles. The third kappa shape index (κ3) is 6.11. The first kappa shape index (κ1) is 20.5. The summed E-state index contributed by atoms with van der Waals surface area (Å²) in [4.78, 5) is 11.6. The van der Waals surface area contributed by atoms with E-state index in [1.165, 1.54) is 0 Å². The van der Waals surface area contributed by atoms with Crippen LogP contribution >= 0.6 is 23.2 Å². The Morgan fingerprint density at radius 1 is 0.516 bits per heavy atom. The Kier molecular flexibility index (Phi) is 6.51. The second-order valence-electron chi connectivity index (χ2n) is 6.12. The zero-order valence-corrected chi connectivity index (χ0v) is 17.4. The van der Waals surface area contributed by atoms with E-state index in [1.807, 2.05) is 66.7 Å². The van der Waals surface area contributed by atoms with E-state index in [2.05, 4.69) is 40.7 Å². The molecule has 0 aliphatic heterocycles. The van der Waals surface area contributed by atoms with Crippen molar-refractivity contribution in [2.75, 3.05) is 5.32 Å². The molecule has 0 unspecified atom stereocenters. The van der Waals surface area contributed by atoms with Crippen molar-refractivity contribution >= 4 is 57.6 Å². The lowest BCUT2D eigenvalue weighted by Crippen LogP contribution is -1.99. The number of anilines is 2. The fourth-order valence-electron chi connectivity index (χ4n) is 2.43. The minimum atomic E-state index is 0.0143. The van der Waals surface area contributed by atoms with Crippen LogP contribution in [-0.4, -0.2) is 15.0 Å². The van der Waals surface area contributed by atoms with Gasteiger partial charge in [0.1, 0.15) is 0 Å². The van der Waals surface area contributed by atoms with Crippen molar-refractivity contribution in [3.63, 3.8) is 0 Å². The van der Waals surface area contributed by atoms with E-state index in [0.717, 1.165) is 17.1 Å². The lowest BCUT2D eigenvalue weighted by Gasteiger charge is -2.04. The number of nitrogens with one attached hydrogen (secondary N) is 1. The van der Waals surface area contributed by atoms with E-state index in [9.17, 15) is 0 Å². The van der Waals surface area contributed by atoms with E-state index in [1.54, 1.807) is 12.1 Å². The van der Waals surface area contributed by atoms with E-state index in [4.69, 9.17) is 23.2 Å². The lowest BCUT2D eigenvalue weighted by atomic mass is 10.3. The fraction of sp³-hybridized carbons (Fsp3) is 0. The van der Waals surface area contributed by atoms with Crippen molar-refractivity contribution in [3.8, 4) is 0 Å². The highest BCUT2D eigenvalue weighted by molar-refractivity contribution is 6.31. The quantitative estimate of drug-likeness (QED) is 0.304. The van der Waals surface area contributed by atoms with Crippen LogP contribution in [0.2, 0.25) is 10.6 Å². The first-order valence-corrected chi connectivity index (χ1v) is 9.82. The third-order valence-electron chi connectivity index (χ3n) is 3.87. The molecule has 0 bridgehead atoms. The molecule has 0 aliphatic carbocycles. The van der Waals surface area contributed by atoms with Crippen LogP contribution in [0.15, 0.2) is 99.3 Å². The van der Waals surface area contributed by atoms with Gasteiger partial charge < -0.3 is 5.32 Å². The largest absolute Gasteiger partial charge is 0.324 e. The zero-order chi connectivity index (χ0) is 21.5. The standard InChI is InChI=1S/C21H14Cl2N8/c22-19-25-20(23)27-21(26-19)24-14-6-8-16(9-7-14)30-31-18-12-10-17(11-13-18)29-28-15-4-2-1-3-5-15/h1-13H,(H,24,25,26,27). The smallest absolute Gasteiger partial charge is 0.232 e. The summed E-state index contributed by atoms with van der Waals surface area (Å²) >= 11 is 11.5. The number of hydrogen-bond acceptors (Lipinski definition) is 8. The molecular weight excluding hydrogens is 435 g/mol. The summed E-state index contributed by atoms with van der Waals surface area (Å²) < 4.78 is 0. The molecule has 0 aliphatic rings. The number of azo groups is 2. The molecule has 1 heterocycles. The van der Waals surface area contributed by atoms with Gasteiger partial charge in [-0.15, -0.1) is 0 Å². The summed E-state index contributed by atoms with van der Waals surface area (Å²) in [5.41, 5.74) is 3.66. The second-order valence-corrected chi connectivity index (χ2v) is 6.80. The van der Waals surface area contributed by atoms with Gasteiger partial charge in [0.2, 0.25) is 16.5 Å². The van der Waals surface area contributed by atoms with E-state index in [0.29, 0.717) is 11.4 Å². The maximum absolute atomic E-state index is 5.77. The normalized spacial score (nSPS) is 11.3. The predicted octanol–water partition coefficient (Wildman–Crippen LogP) is 7.75. The third-order valence-corrected chi connectivity index (χ3v) is 4.21. The molecule has 0 saturated heterocycles. The molecule has 1 N–H and O–H groups in total. The molecule has 3 aromatic carbocycles. The van der Waals surface area contributed by atoms with Crippen molar-refractivity contribution in [3.05, 3.63) is 89.4 Å². The summed E-state index contributed by atoms with van der Waals surface area (Å²) in [7, 11) is 0. The highest BCUT2D eigenvalue weighted by Crippen LogP contribution is 2.24. The van der Waals surface area contributed by atoms with Crippen LogP contribution in [0.25, 0.3) is 0 Å². The Balaban J connectivity index is 1.37. The van der Waals surface area contributed by atoms with Gasteiger partial charge in [-0.3, -0.25) is 0 Å². The number of rotatable bonds is 6. The Morgan fingerprint density at radius 2 is 0.935 bits per heavy atom. The average molecular weight is 449 g/mol. The van der Waals surface area contributed by atoms with Gasteiger partial charge in [0.25, 0.3) is 0 Å². The molecule has 4 rings (SSSR count). The first-order chi connectivity index (χ1) is 15.1. The molecule has 0 fully saturated rings. The van der Waals surface area contributed by atoms with Gasteiger partial charge in [0, 0.05) is 5.69 Å². The SMILES string of the molecule is Clc1nc(Cl)nc(Nc2ccc(N=Nc3ccc(N=Nc4ccccc4)cc3)cc2)n1. The topological polar surface area (TPSA) is 100 Å². The Bertz CT molecular complexity index is 1190. The predicted molar refractivity (Wildman–Crippen MR) is 121 cm³/mol. The molecule has 152 valence electrons. The van der Waals surface area contributed by atoms with Gasteiger partial charge in [-0.1, -0.05) is 18.2 Å². The molecule has 31 heavy (non-hydrogen) atoms. The van der Waals surface area contributed by atoms with Gasteiger partial charge in [0.15, 0.2) is 0 Å². The summed E-state index contributed by atoms with van der Waals surface area (Å²) in [6.07, 6.45) is 0. The molecule has 8 nitrogen and oxygen atoms in total. The van der Waals surface area contributed by atoms with Crippen LogP contribution < -0.4 is 5.32 Å². The van der Waals surface area contributed by atoms with Crippen LogP contribution in [0.3, 0.4) is 0 Å². The van der Waals surface area contributed by atoms with Crippen molar-refractivity contribution in [2.24, 2.45) is 20.5 Å². The highest BCUT2D eigenvalue weighted by Gasteiger charge is 2.03. The Labute approximate surface area is 187 Å². The molecule has 0 radical (unpaired) electrons. The molecule has 4 aromatic rings. The number of halogens is 2. The summed E-state index contributed by atoms with van der Waals surface area (Å²) in [5, 5.41) is 19.9. The van der Waals surface area contributed by atoms with E-state index < -0.39 is 0 Å². The van der Waals surface area contributed by atoms with Crippen LogP contribution in [0.4, 0.5) is 34.4 Å². The maximum Gasteiger partial charge on any atom is 0.232 e. The average Bonchev–Trinajstić information content (AvgIpc) is 2.78. The summed E-state index contributed by atoms with van der Waals surface area (Å²) in [6, 6.07) is 24.1. The van der Waals surface area contributed by atoms with Gasteiger partial charge >= 0.3 is 0 Å². The number of benzene rings is 3. The fourth-order valence-corrected chi connectivity index (χ4v) is 2.80. The molecule has 0 atom stereocenters. The van der Waals surface area contributed by atoms with E-state index >= 15 is 0 Å². The maximum atomic E-state index is 5.77. The first-order valence-electron chi connectivity index (χ1n) is 9.07. The van der Waals surface area contributed by atoms with Crippen molar-refractivity contribution in [1.29, 1.82) is 0 Å². The van der Waals surface area contributed by atoms with Gasteiger partial charge in [-0.25, -0.2) is 0 Å². The van der Waals surface area contributed by atoms with Gasteiger partial charge in [0.05, 0.1) is 22.7 Å². The summed E-state index contributed by atoms with van der Waals surface area (Å²) in [6.45, 7) is 0. The summed E-state index contributed by atoms with van der Waals surface area (Å²) in [5.74, 6) is 0.254. The molecule has 1 aromatic heterocycles. The second kappa shape index (κ2) is 9.84. The van der Waals surface area contributed by atoms with Crippen molar-refractivity contribution in [2.45, 2.75) is 0 Å². The number of aromatic nitrogens is 3. The minimum Gasteiger partial charge on any atom is -0.324 e. The van der Waals surface area contributed by atoms with Crippen molar-refractivity contribution < 1.29 is 0 Å². The number of hydrogen-bond donors (Lipinski definition) is 1. The van der Waals surface area contributed by atoms with Crippen LogP contribution in [-0.2, 0) is 0 Å². The Morgan fingerprint density at radius 3 is 1.42 bits per heavy atom. The highest BCUT2D eigenvalue weighted by atomic mass is 35.5. The van der Waals surface area contributed by atoms with Gasteiger partial charge in [-0.2, -0.15) is 35.4 Å². The molecule has 0 amide bonds. The Hall–Kier alpha value is -3.75. The molecular formula is C21H14Cl2N8.